The second kappa shape index (κ2) is 10.1. The zero-order valence-corrected chi connectivity index (χ0v) is 18.2. The zero-order chi connectivity index (χ0) is 21.5. The average molecular weight is 423 g/mol. The topological polar surface area (TPSA) is 85.1 Å². The molecular weight excluding hydrogens is 392 g/mol. The van der Waals surface area contributed by atoms with Crippen LogP contribution in [0.3, 0.4) is 0 Å². The van der Waals surface area contributed by atoms with E-state index in [2.05, 4.69) is 31.9 Å². The van der Waals surface area contributed by atoms with Gasteiger partial charge in [-0.25, -0.2) is 0 Å². The van der Waals surface area contributed by atoms with Crippen molar-refractivity contribution in [3.8, 4) is 11.5 Å². The van der Waals surface area contributed by atoms with Crippen molar-refractivity contribution in [1.29, 1.82) is 0 Å². The first-order valence-electron chi connectivity index (χ1n) is 10.8. The fourth-order valence-electron chi connectivity index (χ4n) is 3.92. The maximum atomic E-state index is 6.32. The number of methoxy groups -OCH3 is 1. The highest BCUT2D eigenvalue weighted by molar-refractivity contribution is 5.79. The van der Waals surface area contributed by atoms with Crippen LogP contribution in [0.25, 0.3) is 5.65 Å². The molecule has 0 amide bonds. The van der Waals surface area contributed by atoms with Gasteiger partial charge < -0.3 is 20.1 Å². The Kier molecular flexibility index (Phi) is 6.86. The second-order valence-corrected chi connectivity index (χ2v) is 7.62. The molecule has 3 aromatic rings. The molecule has 164 valence electrons. The molecule has 1 aliphatic rings. The van der Waals surface area contributed by atoms with Crippen LogP contribution in [0.5, 0.6) is 11.5 Å². The van der Waals surface area contributed by atoms with E-state index in [1.807, 2.05) is 40.9 Å². The summed E-state index contributed by atoms with van der Waals surface area (Å²) in [5.41, 5.74) is 1.91. The number of aliphatic imine (C=N–C) groups is 1. The van der Waals surface area contributed by atoms with Crippen LogP contribution in [0.15, 0.2) is 47.6 Å². The van der Waals surface area contributed by atoms with Crippen LogP contribution >= 0.6 is 0 Å². The Morgan fingerprint density at radius 1 is 1.13 bits per heavy atom. The molecule has 0 radical (unpaired) electrons. The standard InChI is InChI=1S/C23H30N6O2/c1-24-23(25-14-13-21-28-27-20-12-5-6-15-29(20)21)26-16-17-8-7-11-19(30-2)22(17)31-18-9-3-4-10-18/h5-8,11-12,15,18H,3-4,9-10,13-14,16H2,1-2H3,(H2,24,25,26). The van der Waals surface area contributed by atoms with Crippen molar-refractivity contribution in [1.82, 2.24) is 25.2 Å². The molecule has 0 atom stereocenters. The van der Waals surface area contributed by atoms with E-state index in [1.54, 1.807) is 14.2 Å². The zero-order valence-electron chi connectivity index (χ0n) is 18.2. The molecular formula is C23H30N6O2. The normalized spacial score (nSPS) is 14.7. The molecule has 0 unspecified atom stereocenters. The number of hydrogen-bond acceptors (Lipinski definition) is 5. The van der Waals surface area contributed by atoms with Crippen LogP contribution in [0.1, 0.15) is 37.1 Å². The van der Waals surface area contributed by atoms with Crippen LogP contribution < -0.4 is 20.1 Å². The van der Waals surface area contributed by atoms with Crippen LogP contribution in [-0.2, 0) is 13.0 Å². The van der Waals surface area contributed by atoms with Gasteiger partial charge in [0.05, 0.1) is 13.2 Å². The summed E-state index contributed by atoms with van der Waals surface area (Å²) in [7, 11) is 3.45. The molecule has 0 bridgehead atoms. The summed E-state index contributed by atoms with van der Waals surface area (Å²) in [6, 6.07) is 11.9. The highest BCUT2D eigenvalue weighted by atomic mass is 16.5. The Labute approximate surface area is 182 Å². The molecule has 1 aliphatic carbocycles. The maximum Gasteiger partial charge on any atom is 0.191 e. The fourth-order valence-corrected chi connectivity index (χ4v) is 3.92. The van der Waals surface area contributed by atoms with Crippen LogP contribution in [0, 0.1) is 0 Å². The minimum atomic E-state index is 0.269. The number of rotatable bonds is 8. The van der Waals surface area contributed by atoms with E-state index in [1.165, 1.54) is 12.8 Å². The van der Waals surface area contributed by atoms with E-state index in [0.29, 0.717) is 13.1 Å². The number of hydrogen-bond donors (Lipinski definition) is 2. The Balaban J connectivity index is 1.35. The largest absolute Gasteiger partial charge is 0.493 e. The van der Waals surface area contributed by atoms with Gasteiger partial charge in [-0.05, 0) is 43.9 Å². The number of para-hydroxylation sites is 1. The van der Waals surface area contributed by atoms with Crippen LogP contribution in [0.4, 0.5) is 0 Å². The van der Waals surface area contributed by atoms with E-state index in [9.17, 15) is 0 Å². The summed E-state index contributed by atoms with van der Waals surface area (Å²) < 4.78 is 13.9. The van der Waals surface area contributed by atoms with E-state index < -0.39 is 0 Å². The number of fused-ring (bicyclic) bond motifs is 1. The molecule has 0 spiro atoms. The number of nitrogens with one attached hydrogen (secondary N) is 2. The van der Waals surface area contributed by atoms with Gasteiger partial charge in [-0.2, -0.15) is 0 Å². The van der Waals surface area contributed by atoms with Crippen molar-refractivity contribution in [3.63, 3.8) is 0 Å². The lowest BCUT2D eigenvalue weighted by atomic mass is 10.1. The Morgan fingerprint density at radius 3 is 2.81 bits per heavy atom. The van der Waals surface area contributed by atoms with Gasteiger partial charge in [0.15, 0.2) is 23.1 Å². The predicted molar refractivity (Wildman–Crippen MR) is 121 cm³/mol. The number of pyridine rings is 1. The highest BCUT2D eigenvalue weighted by Crippen LogP contribution is 2.34. The van der Waals surface area contributed by atoms with Gasteiger partial charge in [-0.3, -0.25) is 9.39 Å². The Bertz CT molecular complexity index is 1030. The van der Waals surface area contributed by atoms with Crippen molar-refractivity contribution in [2.45, 2.75) is 44.8 Å². The lowest BCUT2D eigenvalue weighted by Gasteiger charge is -2.20. The third-order valence-corrected chi connectivity index (χ3v) is 5.56. The summed E-state index contributed by atoms with van der Waals surface area (Å²) in [5.74, 6) is 3.24. The highest BCUT2D eigenvalue weighted by Gasteiger charge is 2.20. The summed E-state index contributed by atoms with van der Waals surface area (Å²) in [5, 5.41) is 15.2. The van der Waals surface area contributed by atoms with Gasteiger partial charge in [0.2, 0.25) is 0 Å². The number of aromatic nitrogens is 3. The molecule has 1 fully saturated rings. The summed E-state index contributed by atoms with van der Waals surface area (Å²) >= 11 is 0. The van der Waals surface area contributed by atoms with Crippen molar-refractivity contribution < 1.29 is 9.47 Å². The molecule has 8 nitrogen and oxygen atoms in total. The molecule has 1 aromatic carbocycles. The van der Waals surface area contributed by atoms with E-state index in [0.717, 1.165) is 53.8 Å². The summed E-state index contributed by atoms with van der Waals surface area (Å²) in [4.78, 5) is 4.34. The molecule has 1 saturated carbocycles. The lowest BCUT2D eigenvalue weighted by molar-refractivity contribution is 0.198. The van der Waals surface area contributed by atoms with Gasteiger partial charge in [-0.1, -0.05) is 18.2 Å². The predicted octanol–water partition coefficient (Wildman–Crippen LogP) is 2.97. The molecule has 0 saturated heterocycles. The average Bonchev–Trinajstić information content (AvgIpc) is 3.47. The first-order chi connectivity index (χ1) is 15.3. The van der Waals surface area contributed by atoms with Gasteiger partial charge >= 0.3 is 0 Å². The van der Waals surface area contributed by atoms with Gasteiger partial charge in [-0.15, -0.1) is 10.2 Å². The van der Waals surface area contributed by atoms with E-state index in [-0.39, 0.29) is 6.10 Å². The minimum absolute atomic E-state index is 0.269. The monoisotopic (exact) mass is 422 g/mol. The quantitative estimate of drug-likeness (QED) is 0.429. The second-order valence-electron chi connectivity index (χ2n) is 7.62. The molecule has 2 N–H and O–H groups in total. The van der Waals surface area contributed by atoms with E-state index in [4.69, 9.17) is 9.47 Å². The summed E-state index contributed by atoms with van der Waals surface area (Å²) in [6.07, 6.45) is 7.64. The first kappa shape index (κ1) is 21.0. The molecule has 0 aliphatic heterocycles. The number of guanidine groups is 1. The Morgan fingerprint density at radius 2 is 2.00 bits per heavy atom. The van der Waals surface area contributed by atoms with Gasteiger partial charge in [0.1, 0.15) is 5.82 Å². The Hall–Kier alpha value is -3.29. The molecule has 31 heavy (non-hydrogen) atoms. The van der Waals surface area contributed by atoms with Crippen LogP contribution in [-0.4, -0.2) is 47.4 Å². The lowest BCUT2D eigenvalue weighted by Crippen LogP contribution is -2.38. The smallest absolute Gasteiger partial charge is 0.191 e. The molecule has 4 rings (SSSR count). The fraction of sp³-hybridized carbons (Fsp3) is 0.435. The van der Waals surface area contributed by atoms with Crippen LogP contribution in [0.2, 0.25) is 0 Å². The first-order valence-corrected chi connectivity index (χ1v) is 10.8. The number of ether oxygens (including phenoxy) is 2. The number of nitrogens with zero attached hydrogens (tertiary/aromatic N) is 4. The minimum Gasteiger partial charge on any atom is -0.493 e. The third kappa shape index (κ3) is 5.07. The summed E-state index contributed by atoms with van der Waals surface area (Å²) in [6.45, 7) is 1.28. The molecule has 2 heterocycles. The van der Waals surface area contributed by atoms with Crippen molar-refractivity contribution in [3.05, 3.63) is 54.0 Å². The van der Waals surface area contributed by atoms with Crippen molar-refractivity contribution >= 4 is 11.6 Å². The van der Waals surface area contributed by atoms with Crippen molar-refractivity contribution in [2.24, 2.45) is 4.99 Å². The maximum absolute atomic E-state index is 6.32. The number of benzene rings is 1. The molecule has 2 aromatic heterocycles. The van der Waals surface area contributed by atoms with Crippen molar-refractivity contribution in [2.75, 3.05) is 20.7 Å². The van der Waals surface area contributed by atoms with Gasteiger partial charge in [0.25, 0.3) is 0 Å². The third-order valence-electron chi connectivity index (χ3n) is 5.56. The van der Waals surface area contributed by atoms with E-state index >= 15 is 0 Å². The SMILES string of the molecule is CN=C(NCCc1nnc2ccccn12)NCc1cccc(OC)c1OC1CCCC1. The van der Waals surface area contributed by atoms with Gasteiger partial charge in [0, 0.05) is 38.3 Å². The molecule has 8 heteroatoms.